The Morgan fingerprint density at radius 1 is 1.19 bits per heavy atom. The molecule has 0 radical (unpaired) electrons. The summed E-state index contributed by atoms with van der Waals surface area (Å²) < 4.78 is 59.8. The predicted octanol–water partition coefficient (Wildman–Crippen LogP) is 4.19. The van der Waals surface area contributed by atoms with Crippen LogP contribution in [0, 0.1) is 0 Å². The third kappa shape index (κ3) is 4.26. The van der Waals surface area contributed by atoms with Crippen LogP contribution in [0.15, 0.2) is 29.2 Å². The molecule has 21 heavy (non-hydrogen) atoms. The molecule has 0 saturated carbocycles. The Morgan fingerprint density at radius 2 is 1.71 bits per heavy atom. The number of anilines is 1. The highest BCUT2D eigenvalue weighted by Crippen LogP contribution is 2.31. The van der Waals surface area contributed by atoms with Crippen molar-refractivity contribution in [1.29, 1.82) is 0 Å². The van der Waals surface area contributed by atoms with Crippen LogP contribution < -0.4 is 5.32 Å². The van der Waals surface area contributed by atoms with Crippen LogP contribution in [0.1, 0.15) is 26.7 Å². The highest BCUT2D eigenvalue weighted by Gasteiger charge is 2.46. The van der Waals surface area contributed by atoms with E-state index >= 15 is 0 Å². The van der Waals surface area contributed by atoms with Gasteiger partial charge in [-0.15, -0.1) is 11.6 Å². The van der Waals surface area contributed by atoms with Crippen LogP contribution in [-0.2, 0) is 9.84 Å². The summed E-state index contributed by atoms with van der Waals surface area (Å²) in [4.78, 5) is -0.768. The van der Waals surface area contributed by atoms with Gasteiger partial charge in [0.1, 0.15) is 0 Å². The zero-order valence-corrected chi connectivity index (χ0v) is 13.2. The average molecular weight is 344 g/mol. The van der Waals surface area contributed by atoms with Gasteiger partial charge < -0.3 is 5.32 Å². The second-order valence-electron chi connectivity index (χ2n) is 4.95. The average Bonchev–Trinajstić information content (AvgIpc) is 2.38. The van der Waals surface area contributed by atoms with Crippen molar-refractivity contribution >= 4 is 27.1 Å². The summed E-state index contributed by atoms with van der Waals surface area (Å²) in [5.41, 5.74) is -5.05. The summed E-state index contributed by atoms with van der Waals surface area (Å²) in [5, 5.41) is 3.16. The standard InChI is InChI=1S/C13H17ClF3NO2S/c1-3-12(2,8-9-14)18-10-4-6-11(7-5-10)21(19,20)13(15,16)17/h4-7,18H,3,8-9H2,1-2H3. The second-order valence-corrected chi connectivity index (χ2v) is 7.27. The Kier molecular flexibility index (Phi) is 5.55. The first-order valence-electron chi connectivity index (χ1n) is 6.31. The van der Waals surface area contributed by atoms with E-state index in [0.29, 0.717) is 18.0 Å². The van der Waals surface area contributed by atoms with E-state index in [-0.39, 0.29) is 5.54 Å². The quantitative estimate of drug-likeness (QED) is 0.788. The fraction of sp³-hybridized carbons (Fsp3) is 0.538. The Morgan fingerprint density at radius 3 is 2.10 bits per heavy atom. The molecule has 1 aromatic carbocycles. The van der Waals surface area contributed by atoms with E-state index in [2.05, 4.69) is 5.32 Å². The lowest BCUT2D eigenvalue weighted by molar-refractivity contribution is -0.0436. The van der Waals surface area contributed by atoms with Gasteiger partial charge in [-0.1, -0.05) is 6.92 Å². The van der Waals surface area contributed by atoms with E-state index in [1.165, 1.54) is 12.1 Å². The van der Waals surface area contributed by atoms with Gasteiger partial charge in [0.15, 0.2) is 0 Å². The van der Waals surface area contributed by atoms with Crippen molar-refractivity contribution in [3.05, 3.63) is 24.3 Å². The number of rotatable bonds is 6. The van der Waals surface area contributed by atoms with Gasteiger partial charge in [0, 0.05) is 17.1 Å². The maximum absolute atomic E-state index is 12.4. The Balaban J connectivity index is 2.99. The largest absolute Gasteiger partial charge is 0.501 e. The van der Waals surface area contributed by atoms with Crippen LogP contribution >= 0.6 is 11.6 Å². The fourth-order valence-corrected chi connectivity index (χ4v) is 2.91. The van der Waals surface area contributed by atoms with Crippen molar-refractivity contribution in [3.8, 4) is 0 Å². The number of hydrogen-bond donors (Lipinski definition) is 1. The minimum absolute atomic E-state index is 0.299. The zero-order valence-electron chi connectivity index (χ0n) is 11.7. The smallest absolute Gasteiger partial charge is 0.380 e. The fourth-order valence-electron chi connectivity index (χ4n) is 1.74. The Labute approximate surface area is 127 Å². The molecule has 0 heterocycles. The lowest BCUT2D eigenvalue weighted by Crippen LogP contribution is -2.34. The van der Waals surface area contributed by atoms with Crippen LogP contribution in [0.3, 0.4) is 0 Å². The molecule has 120 valence electrons. The van der Waals surface area contributed by atoms with E-state index in [1.807, 2.05) is 13.8 Å². The zero-order chi connectivity index (χ0) is 16.3. The molecule has 3 nitrogen and oxygen atoms in total. The Hall–Kier alpha value is -0.950. The normalized spacial score (nSPS) is 15.5. The molecule has 8 heteroatoms. The topological polar surface area (TPSA) is 46.2 Å². The van der Waals surface area contributed by atoms with Crippen LogP contribution in [0.4, 0.5) is 18.9 Å². The molecule has 0 aliphatic carbocycles. The molecule has 1 unspecified atom stereocenters. The molecular formula is C13H17ClF3NO2S. The number of hydrogen-bond acceptors (Lipinski definition) is 3. The van der Waals surface area contributed by atoms with Crippen molar-refractivity contribution in [2.24, 2.45) is 0 Å². The first kappa shape index (κ1) is 18.1. The molecule has 0 aromatic heterocycles. The molecule has 1 N–H and O–H groups in total. The highest BCUT2D eigenvalue weighted by atomic mass is 35.5. The second kappa shape index (κ2) is 6.44. The van der Waals surface area contributed by atoms with Gasteiger partial charge in [-0.05, 0) is 44.0 Å². The Bertz CT molecular complexity index is 572. The summed E-state index contributed by atoms with van der Waals surface area (Å²) in [6, 6.07) is 4.53. The molecule has 0 bridgehead atoms. The van der Waals surface area contributed by atoms with E-state index in [1.54, 1.807) is 0 Å². The van der Waals surface area contributed by atoms with E-state index in [4.69, 9.17) is 11.6 Å². The monoisotopic (exact) mass is 343 g/mol. The third-order valence-electron chi connectivity index (χ3n) is 3.34. The van der Waals surface area contributed by atoms with Crippen molar-refractivity contribution in [2.75, 3.05) is 11.2 Å². The van der Waals surface area contributed by atoms with E-state index in [0.717, 1.165) is 18.6 Å². The number of benzene rings is 1. The lowest BCUT2D eigenvalue weighted by atomic mass is 9.95. The van der Waals surface area contributed by atoms with E-state index < -0.39 is 20.2 Å². The van der Waals surface area contributed by atoms with Gasteiger partial charge in [0.2, 0.25) is 0 Å². The summed E-state index contributed by atoms with van der Waals surface area (Å²) in [6.07, 6.45) is 1.44. The lowest BCUT2D eigenvalue weighted by Gasteiger charge is -2.30. The third-order valence-corrected chi connectivity index (χ3v) is 5.03. The molecule has 1 atom stereocenters. The molecule has 0 aliphatic heterocycles. The van der Waals surface area contributed by atoms with Gasteiger partial charge >= 0.3 is 5.51 Å². The first-order chi connectivity index (χ1) is 9.55. The number of nitrogens with one attached hydrogen (secondary N) is 1. The predicted molar refractivity (Wildman–Crippen MR) is 77.3 cm³/mol. The number of halogens is 4. The van der Waals surface area contributed by atoms with Gasteiger partial charge in [0.25, 0.3) is 9.84 Å². The first-order valence-corrected chi connectivity index (χ1v) is 8.33. The molecule has 0 amide bonds. The molecular weight excluding hydrogens is 327 g/mol. The van der Waals surface area contributed by atoms with E-state index in [9.17, 15) is 21.6 Å². The van der Waals surface area contributed by atoms with Crippen LogP contribution in [0.25, 0.3) is 0 Å². The maximum atomic E-state index is 12.4. The highest BCUT2D eigenvalue weighted by molar-refractivity contribution is 7.92. The maximum Gasteiger partial charge on any atom is 0.501 e. The molecule has 0 fully saturated rings. The molecule has 0 saturated heterocycles. The van der Waals surface area contributed by atoms with Crippen LogP contribution in [-0.4, -0.2) is 25.3 Å². The van der Waals surface area contributed by atoms with Crippen molar-refractivity contribution in [2.45, 2.75) is 42.6 Å². The summed E-state index contributed by atoms with van der Waals surface area (Å²) in [6.45, 7) is 3.90. The van der Waals surface area contributed by atoms with Gasteiger partial charge in [-0.25, -0.2) is 8.42 Å². The molecule has 0 aliphatic rings. The van der Waals surface area contributed by atoms with Gasteiger partial charge in [-0.2, -0.15) is 13.2 Å². The van der Waals surface area contributed by atoms with Crippen LogP contribution in [0.2, 0.25) is 0 Å². The number of alkyl halides is 4. The minimum atomic E-state index is -5.30. The van der Waals surface area contributed by atoms with Gasteiger partial charge in [-0.3, -0.25) is 0 Å². The van der Waals surface area contributed by atoms with Crippen LogP contribution in [0.5, 0.6) is 0 Å². The molecule has 1 aromatic rings. The summed E-state index contributed by atoms with van der Waals surface area (Å²) in [7, 11) is -5.30. The summed E-state index contributed by atoms with van der Waals surface area (Å²) >= 11 is 5.72. The van der Waals surface area contributed by atoms with Crippen molar-refractivity contribution < 1.29 is 21.6 Å². The van der Waals surface area contributed by atoms with Crippen molar-refractivity contribution in [3.63, 3.8) is 0 Å². The van der Waals surface area contributed by atoms with Gasteiger partial charge in [0.05, 0.1) is 4.90 Å². The molecule has 0 spiro atoms. The summed E-state index contributed by atoms with van der Waals surface area (Å²) in [5.74, 6) is 0.442. The SMILES string of the molecule is CCC(C)(CCCl)Nc1ccc(S(=O)(=O)C(F)(F)F)cc1. The molecule has 1 rings (SSSR count). The minimum Gasteiger partial charge on any atom is -0.380 e. The number of sulfone groups is 1. The van der Waals surface area contributed by atoms with Crippen molar-refractivity contribution in [1.82, 2.24) is 0 Å².